The second-order valence-corrected chi connectivity index (χ2v) is 10.8. The molecule has 0 unspecified atom stereocenters. The van der Waals surface area contributed by atoms with Gasteiger partial charge >= 0.3 is 5.97 Å². The van der Waals surface area contributed by atoms with Crippen LogP contribution in [0.15, 0.2) is 140 Å². The average molecular weight is 611 g/mol. The number of imidazole rings is 1. The number of ether oxygens (including phenoxy) is 1. The molecule has 4 aromatic carbocycles. The fourth-order valence-corrected chi connectivity index (χ4v) is 6.07. The predicted octanol–water partition coefficient (Wildman–Crippen LogP) is 8.16. The predicted molar refractivity (Wildman–Crippen MR) is 172 cm³/mol. The smallest absolute Gasteiger partial charge is 0.356 e. The number of rotatable bonds is 8. The lowest BCUT2D eigenvalue weighted by Crippen LogP contribution is -2.38. The third-order valence-corrected chi connectivity index (χ3v) is 8.12. The molecule has 0 fully saturated rings. The van der Waals surface area contributed by atoms with Crippen molar-refractivity contribution in [2.45, 2.75) is 12.5 Å². The van der Waals surface area contributed by atoms with Crippen LogP contribution in [0.4, 0.5) is 8.78 Å². The zero-order valence-corrected chi connectivity index (χ0v) is 24.8. The van der Waals surface area contributed by atoms with Crippen molar-refractivity contribution in [2.75, 3.05) is 6.61 Å². The number of esters is 1. The maximum atomic E-state index is 15.6. The lowest BCUT2D eigenvalue weighted by Gasteiger charge is -2.36. The summed E-state index contributed by atoms with van der Waals surface area (Å²) >= 11 is 0. The van der Waals surface area contributed by atoms with Gasteiger partial charge in [-0.25, -0.2) is 18.6 Å². The maximum absolute atomic E-state index is 15.6. The standard InChI is InChI=1S/C38H28F2N4O2/c1-2-46-37(45)34-23-41-35-21-18-26(24-43(34)35)32-25-44(42-36(32)31-20-19-30(39)22-33(31)40)38(27-12-6-3-7-13-27,28-14-8-4-9-15-28)29-16-10-5-11-17-29/h3-25H,2H2,1H3. The molecule has 0 spiro atoms. The second-order valence-electron chi connectivity index (χ2n) is 10.8. The van der Waals surface area contributed by atoms with Gasteiger partial charge in [-0.3, -0.25) is 9.08 Å². The van der Waals surface area contributed by atoms with E-state index in [1.165, 1.54) is 18.3 Å². The highest BCUT2D eigenvalue weighted by Crippen LogP contribution is 2.43. The monoisotopic (exact) mass is 610 g/mol. The number of fused-ring (bicyclic) bond motifs is 1. The Balaban J connectivity index is 1.56. The summed E-state index contributed by atoms with van der Waals surface area (Å²) < 4.78 is 38.5. The van der Waals surface area contributed by atoms with E-state index in [0.29, 0.717) is 22.5 Å². The van der Waals surface area contributed by atoms with E-state index in [0.717, 1.165) is 22.8 Å². The van der Waals surface area contributed by atoms with Gasteiger partial charge in [0.25, 0.3) is 0 Å². The molecule has 0 aliphatic heterocycles. The minimum absolute atomic E-state index is 0.134. The minimum Gasteiger partial charge on any atom is -0.461 e. The molecule has 0 atom stereocenters. The minimum atomic E-state index is -0.984. The number of benzene rings is 4. The van der Waals surface area contributed by atoms with E-state index in [4.69, 9.17) is 9.84 Å². The third-order valence-electron chi connectivity index (χ3n) is 8.12. The zero-order chi connectivity index (χ0) is 31.7. The van der Waals surface area contributed by atoms with Gasteiger partial charge in [0.05, 0.1) is 12.8 Å². The number of carbonyl (C=O) groups is 1. The topological polar surface area (TPSA) is 61.4 Å². The number of aromatic nitrogens is 4. The molecule has 7 rings (SSSR count). The third kappa shape index (κ3) is 4.84. The summed E-state index contributed by atoms with van der Waals surface area (Å²) in [5.41, 5.74) is 4.27. The number of halogens is 2. The van der Waals surface area contributed by atoms with Crippen LogP contribution in [0.25, 0.3) is 28.0 Å². The fraction of sp³-hybridized carbons (Fsp3) is 0.0789. The first kappa shape index (κ1) is 28.9. The summed E-state index contributed by atoms with van der Waals surface area (Å²) in [6.45, 7) is 1.95. The molecular weight excluding hydrogens is 582 g/mol. The van der Waals surface area contributed by atoms with Gasteiger partial charge < -0.3 is 4.74 Å². The Bertz CT molecular complexity index is 2060. The van der Waals surface area contributed by atoms with Gasteiger partial charge in [-0.1, -0.05) is 91.0 Å². The molecule has 8 heteroatoms. The number of carbonyl (C=O) groups excluding carboxylic acids is 1. The van der Waals surface area contributed by atoms with Crippen molar-refractivity contribution in [3.8, 4) is 22.4 Å². The van der Waals surface area contributed by atoms with Crippen LogP contribution in [-0.4, -0.2) is 31.7 Å². The van der Waals surface area contributed by atoms with E-state index in [1.54, 1.807) is 23.6 Å². The molecule has 6 nitrogen and oxygen atoms in total. The van der Waals surface area contributed by atoms with Crippen LogP contribution in [0.1, 0.15) is 34.1 Å². The molecule has 3 aromatic heterocycles. The maximum Gasteiger partial charge on any atom is 0.356 e. The van der Waals surface area contributed by atoms with Crippen molar-refractivity contribution in [3.05, 3.63) is 174 Å². The Morgan fingerprint density at radius 1 is 0.761 bits per heavy atom. The van der Waals surface area contributed by atoms with E-state index in [2.05, 4.69) is 4.98 Å². The number of nitrogens with zero attached hydrogens (tertiary/aromatic N) is 4. The number of pyridine rings is 1. The molecule has 0 aliphatic rings. The van der Waals surface area contributed by atoms with Crippen LogP contribution in [0.5, 0.6) is 0 Å². The largest absolute Gasteiger partial charge is 0.461 e. The van der Waals surface area contributed by atoms with E-state index >= 15 is 4.39 Å². The summed E-state index contributed by atoms with van der Waals surface area (Å²) in [6.07, 6.45) is 5.11. The van der Waals surface area contributed by atoms with Crippen LogP contribution in [0.3, 0.4) is 0 Å². The van der Waals surface area contributed by atoms with Crippen LogP contribution in [0, 0.1) is 11.6 Å². The van der Waals surface area contributed by atoms with Crippen molar-refractivity contribution < 1.29 is 18.3 Å². The Morgan fingerprint density at radius 2 is 1.37 bits per heavy atom. The molecule has 0 saturated heterocycles. The van der Waals surface area contributed by atoms with Crippen LogP contribution >= 0.6 is 0 Å². The van der Waals surface area contributed by atoms with E-state index < -0.39 is 23.1 Å². The van der Waals surface area contributed by atoms with Crippen molar-refractivity contribution >= 4 is 11.6 Å². The summed E-state index contributed by atoms with van der Waals surface area (Å²) in [6, 6.07) is 37.1. The van der Waals surface area contributed by atoms with Gasteiger partial charge in [0.1, 0.15) is 28.5 Å². The summed E-state index contributed by atoms with van der Waals surface area (Å²) in [5.74, 6) is -1.94. The van der Waals surface area contributed by atoms with Crippen LogP contribution in [0.2, 0.25) is 0 Å². The van der Waals surface area contributed by atoms with Gasteiger partial charge in [-0.05, 0) is 47.9 Å². The summed E-state index contributed by atoms with van der Waals surface area (Å²) in [4.78, 5) is 17.1. The van der Waals surface area contributed by atoms with Crippen molar-refractivity contribution in [1.82, 2.24) is 19.2 Å². The molecule has 7 aromatic rings. The van der Waals surface area contributed by atoms with Gasteiger partial charge in [0.15, 0.2) is 5.69 Å². The Hall–Kier alpha value is -5.89. The van der Waals surface area contributed by atoms with E-state index in [-0.39, 0.29) is 17.9 Å². The first-order chi connectivity index (χ1) is 22.5. The van der Waals surface area contributed by atoms with Crippen LogP contribution < -0.4 is 0 Å². The fourth-order valence-electron chi connectivity index (χ4n) is 6.07. The van der Waals surface area contributed by atoms with Crippen molar-refractivity contribution in [1.29, 1.82) is 0 Å². The number of hydrogen-bond donors (Lipinski definition) is 0. The lowest BCUT2D eigenvalue weighted by atomic mass is 9.77. The molecule has 0 radical (unpaired) electrons. The molecule has 226 valence electrons. The van der Waals surface area contributed by atoms with E-state index in [1.807, 2.05) is 108 Å². The summed E-state index contributed by atoms with van der Waals surface area (Å²) in [5, 5.41) is 5.14. The van der Waals surface area contributed by atoms with Gasteiger partial charge in [-0.2, -0.15) is 5.10 Å². The first-order valence-corrected chi connectivity index (χ1v) is 14.9. The molecule has 46 heavy (non-hydrogen) atoms. The molecule has 0 aliphatic carbocycles. The number of hydrogen-bond acceptors (Lipinski definition) is 4. The Morgan fingerprint density at radius 3 is 1.93 bits per heavy atom. The molecule has 0 amide bonds. The lowest BCUT2D eigenvalue weighted by molar-refractivity contribution is 0.0518. The molecule has 0 bridgehead atoms. The zero-order valence-electron chi connectivity index (χ0n) is 24.8. The molecule has 3 heterocycles. The van der Waals surface area contributed by atoms with Crippen LogP contribution in [-0.2, 0) is 10.3 Å². The highest BCUT2D eigenvalue weighted by molar-refractivity contribution is 5.89. The van der Waals surface area contributed by atoms with Crippen molar-refractivity contribution in [2.24, 2.45) is 0 Å². The second kappa shape index (κ2) is 11.9. The van der Waals surface area contributed by atoms with Gasteiger partial charge in [0.2, 0.25) is 0 Å². The highest BCUT2D eigenvalue weighted by atomic mass is 19.1. The molecule has 0 N–H and O–H groups in total. The quantitative estimate of drug-likeness (QED) is 0.129. The van der Waals surface area contributed by atoms with Crippen molar-refractivity contribution in [3.63, 3.8) is 0 Å². The highest BCUT2D eigenvalue weighted by Gasteiger charge is 2.40. The first-order valence-electron chi connectivity index (χ1n) is 14.9. The summed E-state index contributed by atoms with van der Waals surface area (Å²) in [7, 11) is 0. The molecular formula is C38H28F2N4O2. The Kier molecular flexibility index (Phi) is 7.46. The van der Waals surface area contributed by atoms with E-state index in [9.17, 15) is 9.18 Å². The average Bonchev–Trinajstić information content (AvgIpc) is 3.72. The Labute approximate surface area is 264 Å². The molecule has 0 saturated carbocycles. The SMILES string of the molecule is CCOC(=O)c1cnc2ccc(-c3cn(C(c4ccccc4)(c4ccccc4)c4ccccc4)nc3-c3ccc(F)cc3F)cn12. The normalized spacial score (nSPS) is 11.5. The van der Waals surface area contributed by atoms with Gasteiger partial charge in [-0.15, -0.1) is 0 Å². The van der Waals surface area contributed by atoms with Gasteiger partial charge in [0, 0.05) is 35.2 Å².